The molecule has 0 aliphatic rings. The van der Waals surface area contributed by atoms with Crippen LogP contribution in [0.15, 0.2) is 15.9 Å². The molecule has 4 heteroatoms. The van der Waals surface area contributed by atoms with Gasteiger partial charge in [0.15, 0.2) is 0 Å². The minimum absolute atomic E-state index is 0.143. The van der Waals surface area contributed by atoms with E-state index in [1.807, 2.05) is 13.0 Å². The zero-order valence-corrected chi connectivity index (χ0v) is 10.2. The van der Waals surface area contributed by atoms with Gasteiger partial charge in [-0.25, -0.2) is 0 Å². The average Bonchev–Trinajstić information content (AvgIpc) is 2.51. The lowest BCUT2D eigenvalue weighted by Crippen LogP contribution is -2.31. The van der Waals surface area contributed by atoms with Gasteiger partial charge in [-0.2, -0.15) is 0 Å². The predicted octanol–water partition coefficient (Wildman–Crippen LogP) is 2.54. The molecule has 74 valence electrons. The molecule has 0 aliphatic carbocycles. The smallest absolute Gasteiger partial charge is 0.0582 e. The Bertz CT molecular complexity index is 264. The van der Waals surface area contributed by atoms with Crippen LogP contribution in [0.5, 0.6) is 0 Å². The highest BCUT2D eigenvalue weighted by Gasteiger charge is 2.12. The lowest BCUT2D eigenvalue weighted by Gasteiger charge is -2.17. The van der Waals surface area contributed by atoms with Crippen LogP contribution in [0.3, 0.4) is 0 Å². The van der Waals surface area contributed by atoms with Gasteiger partial charge >= 0.3 is 0 Å². The fourth-order valence-electron chi connectivity index (χ4n) is 1.17. The average molecular weight is 264 g/mol. The van der Waals surface area contributed by atoms with Gasteiger partial charge < -0.3 is 10.4 Å². The molecular weight excluding hydrogens is 250 g/mol. The number of aliphatic hydroxyl groups is 1. The second-order valence-electron chi connectivity index (χ2n) is 3.10. The minimum Gasteiger partial charge on any atom is -0.395 e. The van der Waals surface area contributed by atoms with Gasteiger partial charge in [0.25, 0.3) is 0 Å². The van der Waals surface area contributed by atoms with Gasteiger partial charge in [0.2, 0.25) is 0 Å². The van der Waals surface area contributed by atoms with E-state index in [4.69, 9.17) is 5.11 Å². The van der Waals surface area contributed by atoms with Crippen LogP contribution in [-0.4, -0.2) is 17.8 Å². The summed E-state index contributed by atoms with van der Waals surface area (Å²) in [6.45, 7) is 4.24. The van der Waals surface area contributed by atoms with Crippen LogP contribution in [-0.2, 0) is 0 Å². The molecule has 1 rings (SSSR count). The first-order valence-electron chi connectivity index (χ1n) is 4.25. The normalized spacial score (nSPS) is 15.7. The SMILES string of the molecule is CC(N[C@H](C)CO)c1sccc1Br. The number of hydrogen-bond donors (Lipinski definition) is 2. The summed E-state index contributed by atoms with van der Waals surface area (Å²) in [6.07, 6.45) is 0. The Labute approximate surface area is 91.1 Å². The van der Waals surface area contributed by atoms with E-state index in [1.54, 1.807) is 11.3 Å². The maximum Gasteiger partial charge on any atom is 0.0582 e. The van der Waals surface area contributed by atoms with Crippen molar-refractivity contribution in [2.24, 2.45) is 0 Å². The van der Waals surface area contributed by atoms with E-state index in [0.717, 1.165) is 4.47 Å². The van der Waals surface area contributed by atoms with Crippen molar-refractivity contribution in [2.75, 3.05) is 6.61 Å². The standard InChI is InChI=1S/C9H14BrNOS/c1-6(5-12)11-7(2)9-8(10)3-4-13-9/h3-4,6-7,11-12H,5H2,1-2H3/t6-,7?/m1/s1. The van der Waals surface area contributed by atoms with E-state index in [2.05, 4.69) is 33.6 Å². The summed E-state index contributed by atoms with van der Waals surface area (Å²) in [5.74, 6) is 0. The summed E-state index contributed by atoms with van der Waals surface area (Å²) in [5, 5.41) is 14.2. The molecule has 2 atom stereocenters. The van der Waals surface area contributed by atoms with Gasteiger partial charge in [0.05, 0.1) is 6.61 Å². The van der Waals surface area contributed by atoms with Gasteiger partial charge in [-0.3, -0.25) is 0 Å². The summed E-state index contributed by atoms with van der Waals surface area (Å²) >= 11 is 5.21. The van der Waals surface area contributed by atoms with E-state index in [1.165, 1.54) is 4.88 Å². The number of rotatable bonds is 4. The summed E-state index contributed by atoms with van der Waals surface area (Å²) in [5.41, 5.74) is 0. The molecule has 0 bridgehead atoms. The van der Waals surface area contributed by atoms with E-state index in [9.17, 15) is 0 Å². The maximum absolute atomic E-state index is 8.88. The van der Waals surface area contributed by atoms with E-state index in [0.29, 0.717) is 0 Å². The van der Waals surface area contributed by atoms with Crippen molar-refractivity contribution in [3.8, 4) is 0 Å². The molecule has 2 nitrogen and oxygen atoms in total. The molecule has 0 saturated heterocycles. The van der Waals surface area contributed by atoms with Crippen molar-refractivity contribution in [1.82, 2.24) is 5.32 Å². The van der Waals surface area contributed by atoms with Crippen LogP contribution in [0.25, 0.3) is 0 Å². The molecule has 0 spiro atoms. The summed E-state index contributed by atoms with van der Waals surface area (Å²) in [4.78, 5) is 1.28. The summed E-state index contributed by atoms with van der Waals surface area (Å²) in [7, 11) is 0. The molecule has 2 N–H and O–H groups in total. The van der Waals surface area contributed by atoms with Crippen LogP contribution < -0.4 is 5.32 Å². The maximum atomic E-state index is 8.88. The number of halogens is 1. The van der Waals surface area contributed by atoms with Gasteiger partial charge in [-0.1, -0.05) is 0 Å². The topological polar surface area (TPSA) is 32.3 Å². The second kappa shape index (κ2) is 5.10. The van der Waals surface area contributed by atoms with E-state index < -0.39 is 0 Å². The summed E-state index contributed by atoms with van der Waals surface area (Å²) in [6, 6.07) is 2.47. The Morgan fingerprint density at radius 1 is 1.62 bits per heavy atom. The highest BCUT2D eigenvalue weighted by Crippen LogP contribution is 2.28. The molecule has 0 aromatic carbocycles. The lowest BCUT2D eigenvalue weighted by molar-refractivity contribution is 0.243. The molecule has 1 heterocycles. The van der Waals surface area contributed by atoms with Crippen LogP contribution >= 0.6 is 27.3 Å². The fourth-order valence-corrected chi connectivity index (χ4v) is 2.90. The minimum atomic E-state index is 0.143. The molecule has 1 aromatic rings. The molecule has 0 radical (unpaired) electrons. The first-order chi connectivity index (χ1) is 6.15. The van der Waals surface area contributed by atoms with Crippen LogP contribution in [0.1, 0.15) is 24.8 Å². The summed E-state index contributed by atoms with van der Waals surface area (Å²) < 4.78 is 1.14. The first kappa shape index (κ1) is 11.2. The van der Waals surface area contributed by atoms with Crippen molar-refractivity contribution < 1.29 is 5.11 Å². The Kier molecular flexibility index (Phi) is 4.38. The third kappa shape index (κ3) is 3.06. The molecule has 0 amide bonds. The molecular formula is C9H14BrNOS. The van der Waals surface area contributed by atoms with Gasteiger partial charge in [-0.05, 0) is 41.2 Å². The molecule has 1 aromatic heterocycles. The predicted molar refractivity (Wildman–Crippen MR) is 60.1 cm³/mol. The van der Waals surface area contributed by atoms with Crippen LogP contribution in [0.4, 0.5) is 0 Å². The quantitative estimate of drug-likeness (QED) is 0.876. The van der Waals surface area contributed by atoms with Crippen molar-refractivity contribution in [3.63, 3.8) is 0 Å². The molecule has 13 heavy (non-hydrogen) atoms. The van der Waals surface area contributed by atoms with Crippen molar-refractivity contribution in [3.05, 3.63) is 20.8 Å². The molecule has 0 fully saturated rings. The lowest BCUT2D eigenvalue weighted by atomic mass is 10.2. The fraction of sp³-hybridized carbons (Fsp3) is 0.556. The van der Waals surface area contributed by atoms with E-state index >= 15 is 0 Å². The Morgan fingerprint density at radius 3 is 2.77 bits per heavy atom. The number of thiophene rings is 1. The third-order valence-electron chi connectivity index (χ3n) is 1.85. The van der Waals surface area contributed by atoms with Crippen LogP contribution in [0.2, 0.25) is 0 Å². The number of aliphatic hydroxyl groups excluding tert-OH is 1. The van der Waals surface area contributed by atoms with Crippen molar-refractivity contribution in [2.45, 2.75) is 25.9 Å². The Morgan fingerprint density at radius 2 is 2.31 bits per heavy atom. The monoisotopic (exact) mass is 263 g/mol. The van der Waals surface area contributed by atoms with Gasteiger partial charge in [-0.15, -0.1) is 11.3 Å². The zero-order chi connectivity index (χ0) is 9.84. The molecule has 1 unspecified atom stereocenters. The largest absolute Gasteiger partial charge is 0.395 e. The van der Waals surface area contributed by atoms with E-state index in [-0.39, 0.29) is 18.7 Å². The van der Waals surface area contributed by atoms with Crippen molar-refractivity contribution in [1.29, 1.82) is 0 Å². The highest BCUT2D eigenvalue weighted by molar-refractivity contribution is 9.10. The molecule has 0 aliphatic heterocycles. The number of nitrogens with one attached hydrogen (secondary N) is 1. The van der Waals surface area contributed by atoms with Gasteiger partial charge in [0.1, 0.15) is 0 Å². The van der Waals surface area contributed by atoms with Crippen molar-refractivity contribution >= 4 is 27.3 Å². The second-order valence-corrected chi connectivity index (χ2v) is 4.91. The van der Waals surface area contributed by atoms with Crippen LogP contribution in [0, 0.1) is 0 Å². The third-order valence-corrected chi connectivity index (χ3v) is 3.90. The highest BCUT2D eigenvalue weighted by atomic mass is 79.9. The van der Waals surface area contributed by atoms with Gasteiger partial charge in [0, 0.05) is 21.4 Å². The Hall–Kier alpha value is 0.100. The first-order valence-corrected chi connectivity index (χ1v) is 5.92. The number of hydrogen-bond acceptors (Lipinski definition) is 3. The molecule has 0 saturated carbocycles. The Balaban J connectivity index is 2.58. The zero-order valence-electron chi connectivity index (χ0n) is 7.75.